The van der Waals surface area contributed by atoms with Crippen LogP contribution in [0.15, 0.2) is 24.9 Å². The maximum atomic E-state index is 12.7. The minimum Gasteiger partial charge on any atom is -0.405 e. The Kier molecular flexibility index (Phi) is 7.34. The standard InChI is InChI=1S/C15H18N2O4.BBr3/c1-3-10-7-11(18)21-14-12(10)13(19)17(8-9-5-6-9)15(20)16(14)4-2;2-1(3)4/h7,9H,3-6,8H2,1-2H3;. The Morgan fingerprint density at radius 2 is 1.76 bits per heavy atom. The smallest absolute Gasteiger partial charge is 0.369 e. The first-order valence-electron chi connectivity index (χ1n) is 8.02. The zero-order chi connectivity index (χ0) is 18.7. The average molecular weight is 541 g/mol. The molecule has 0 atom stereocenters. The molecule has 6 nitrogen and oxygen atoms in total. The van der Waals surface area contributed by atoms with E-state index in [0.717, 1.165) is 12.8 Å². The summed E-state index contributed by atoms with van der Waals surface area (Å²) in [5.41, 5.74) is -0.521. The van der Waals surface area contributed by atoms with E-state index in [4.69, 9.17) is 4.42 Å². The molecule has 0 amide bonds. The number of rotatable bonds is 4. The summed E-state index contributed by atoms with van der Waals surface area (Å²) in [4.78, 5) is 36.8. The van der Waals surface area contributed by atoms with Crippen LogP contribution in [0.3, 0.4) is 0 Å². The molecule has 3 rings (SSSR count). The van der Waals surface area contributed by atoms with Crippen LogP contribution < -0.4 is 16.9 Å². The fraction of sp³-hybridized carbons (Fsp3) is 0.533. The van der Waals surface area contributed by atoms with E-state index in [1.165, 1.54) is 15.2 Å². The molecule has 0 bridgehead atoms. The second kappa shape index (κ2) is 8.86. The van der Waals surface area contributed by atoms with Crippen molar-refractivity contribution in [2.24, 2.45) is 5.92 Å². The van der Waals surface area contributed by atoms with Crippen molar-refractivity contribution in [3.8, 4) is 0 Å². The predicted molar refractivity (Wildman–Crippen MR) is 111 cm³/mol. The molecule has 1 saturated carbocycles. The third-order valence-corrected chi connectivity index (χ3v) is 4.03. The lowest BCUT2D eigenvalue weighted by atomic mass is 10.1. The van der Waals surface area contributed by atoms with Crippen molar-refractivity contribution < 1.29 is 4.42 Å². The van der Waals surface area contributed by atoms with Crippen molar-refractivity contribution in [3.63, 3.8) is 0 Å². The molecule has 2 heterocycles. The molecule has 2 aromatic rings. The predicted octanol–water partition coefficient (Wildman–Crippen LogP) is 3.26. The first kappa shape index (κ1) is 20.7. The minimum atomic E-state index is -0.528. The second-order valence-electron chi connectivity index (χ2n) is 5.76. The highest BCUT2D eigenvalue weighted by Crippen LogP contribution is 2.29. The highest BCUT2D eigenvalue weighted by molar-refractivity contribution is 9.69. The number of halogens is 3. The minimum absolute atomic E-state index is 0.101. The molecule has 0 unspecified atom stereocenters. The second-order valence-corrected chi connectivity index (χ2v) is 12.2. The summed E-state index contributed by atoms with van der Waals surface area (Å²) in [5, 5.41) is 0.360. The normalized spacial score (nSPS) is 13.5. The van der Waals surface area contributed by atoms with Crippen LogP contribution in [-0.4, -0.2) is 12.3 Å². The number of aromatic nitrogens is 2. The van der Waals surface area contributed by atoms with E-state index in [0.29, 0.717) is 36.4 Å². The van der Waals surface area contributed by atoms with Gasteiger partial charge in [0.25, 0.3) is 5.56 Å². The Morgan fingerprint density at radius 1 is 1.16 bits per heavy atom. The van der Waals surface area contributed by atoms with Gasteiger partial charge in [-0.2, -0.15) is 0 Å². The maximum absolute atomic E-state index is 12.7. The fourth-order valence-electron chi connectivity index (χ4n) is 2.68. The van der Waals surface area contributed by atoms with Crippen molar-refractivity contribution in [2.75, 3.05) is 0 Å². The van der Waals surface area contributed by atoms with Crippen molar-refractivity contribution >= 4 is 61.6 Å². The molecule has 0 radical (unpaired) electrons. The molecule has 1 fully saturated rings. The zero-order valence-electron chi connectivity index (χ0n) is 13.9. The van der Waals surface area contributed by atoms with Crippen LogP contribution in [-0.2, 0) is 19.5 Å². The van der Waals surface area contributed by atoms with Crippen LogP contribution >= 0.6 is 47.3 Å². The van der Waals surface area contributed by atoms with Crippen LogP contribution in [0.1, 0.15) is 32.3 Å². The Morgan fingerprint density at radius 3 is 2.24 bits per heavy atom. The topological polar surface area (TPSA) is 74.2 Å². The van der Waals surface area contributed by atoms with Gasteiger partial charge in [-0.05, 0) is 37.7 Å². The molecule has 0 saturated heterocycles. The van der Waals surface area contributed by atoms with E-state index in [1.54, 1.807) is 6.92 Å². The van der Waals surface area contributed by atoms with Gasteiger partial charge in [0.15, 0.2) is 0 Å². The van der Waals surface area contributed by atoms with E-state index in [-0.39, 0.29) is 14.5 Å². The van der Waals surface area contributed by atoms with Gasteiger partial charge >= 0.3 is 14.5 Å². The summed E-state index contributed by atoms with van der Waals surface area (Å²) in [7, 11) is 0. The molecular weight excluding hydrogens is 523 g/mol. The molecular formula is C15H18BBr3N2O4. The molecule has 2 aromatic heterocycles. The van der Waals surface area contributed by atoms with E-state index in [1.807, 2.05) is 6.92 Å². The molecule has 136 valence electrons. The summed E-state index contributed by atoms with van der Waals surface area (Å²) < 4.78 is 8.10. The Labute approximate surface area is 169 Å². The highest BCUT2D eigenvalue weighted by atomic mass is 79.9. The van der Waals surface area contributed by atoms with Crippen LogP contribution in [0, 0.1) is 5.92 Å². The monoisotopic (exact) mass is 538 g/mol. The molecule has 10 heteroatoms. The Hall–Kier alpha value is -0.605. The third-order valence-electron chi connectivity index (χ3n) is 4.03. The summed E-state index contributed by atoms with van der Waals surface area (Å²) >= 11 is 9.31. The van der Waals surface area contributed by atoms with Gasteiger partial charge in [-0.3, -0.25) is 13.9 Å². The molecule has 1 aliphatic rings. The van der Waals surface area contributed by atoms with Gasteiger partial charge in [0.1, 0.15) is 5.39 Å². The average Bonchev–Trinajstić information content (AvgIpc) is 3.34. The van der Waals surface area contributed by atoms with Gasteiger partial charge in [0.2, 0.25) is 5.71 Å². The quantitative estimate of drug-likeness (QED) is 0.558. The summed E-state index contributed by atoms with van der Waals surface area (Å²) in [5.74, 6) is 0.416. The molecule has 25 heavy (non-hydrogen) atoms. The van der Waals surface area contributed by atoms with E-state index >= 15 is 0 Å². The molecule has 1 aliphatic carbocycles. The van der Waals surface area contributed by atoms with E-state index in [2.05, 4.69) is 47.3 Å². The number of nitrogens with zero attached hydrogens (tertiary/aromatic N) is 2. The Balaban J connectivity index is 0.000000511. The highest BCUT2D eigenvalue weighted by Gasteiger charge is 2.25. The van der Waals surface area contributed by atoms with Gasteiger partial charge in [0.05, 0.1) is 0 Å². The van der Waals surface area contributed by atoms with Crippen molar-refractivity contribution in [1.29, 1.82) is 0 Å². The first-order valence-corrected chi connectivity index (χ1v) is 10.8. The lowest BCUT2D eigenvalue weighted by Crippen LogP contribution is -2.41. The van der Waals surface area contributed by atoms with Crippen LogP contribution in [0.25, 0.3) is 11.1 Å². The van der Waals surface area contributed by atoms with Crippen LogP contribution in [0.5, 0.6) is 0 Å². The van der Waals surface area contributed by atoms with Crippen molar-refractivity contribution in [1.82, 2.24) is 9.13 Å². The van der Waals surface area contributed by atoms with Crippen molar-refractivity contribution in [2.45, 2.75) is 46.2 Å². The summed E-state index contributed by atoms with van der Waals surface area (Å²) in [6, 6.07) is 1.34. The SMILES string of the molecule is BrB(Br)Br.CCc1cc(=O)oc2c1c(=O)n(CC1CC1)c(=O)n2CC. The molecule has 0 spiro atoms. The molecule has 0 aliphatic heterocycles. The van der Waals surface area contributed by atoms with Gasteiger partial charge in [-0.1, -0.05) is 6.92 Å². The maximum Gasteiger partial charge on any atom is 0.369 e. The number of hydrogen-bond acceptors (Lipinski definition) is 4. The number of aryl methyl sites for hydroxylation is 2. The van der Waals surface area contributed by atoms with E-state index < -0.39 is 11.3 Å². The summed E-state index contributed by atoms with van der Waals surface area (Å²) in [6.07, 6.45) is 2.66. The van der Waals surface area contributed by atoms with Gasteiger partial charge in [0, 0.05) is 19.2 Å². The molecule has 0 aromatic carbocycles. The fourth-order valence-corrected chi connectivity index (χ4v) is 2.68. The zero-order valence-corrected chi connectivity index (χ0v) is 18.7. The summed E-state index contributed by atoms with van der Waals surface area (Å²) in [6.45, 7) is 4.48. The third kappa shape index (κ3) is 4.98. The van der Waals surface area contributed by atoms with Crippen molar-refractivity contribution in [3.05, 3.63) is 42.9 Å². The number of fused-ring (bicyclic) bond motifs is 1. The van der Waals surface area contributed by atoms with Gasteiger partial charge in [-0.25, -0.2) is 9.59 Å². The van der Waals surface area contributed by atoms with Gasteiger partial charge in [-0.15, -0.1) is 47.3 Å². The van der Waals surface area contributed by atoms with Gasteiger partial charge < -0.3 is 4.42 Å². The first-order chi connectivity index (χ1) is 11.8. The lowest BCUT2D eigenvalue weighted by Gasteiger charge is -2.12. The van der Waals surface area contributed by atoms with Crippen LogP contribution in [0.4, 0.5) is 0 Å². The lowest BCUT2D eigenvalue weighted by molar-refractivity contribution is 0.484. The number of hydrogen-bond donors (Lipinski definition) is 0. The molecule has 0 N–H and O–H groups in total. The van der Waals surface area contributed by atoms with E-state index in [9.17, 15) is 14.4 Å². The Bertz CT molecular complexity index is 928. The largest absolute Gasteiger partial charge is 0.405 e. The van der Waals surface area contributed by atoms with Crippen LogP contribution in [0.2, 0.25) is 0 Å².